The molecule has 0 unspecified atom stereocenters. The van der Waals surface area contributed by atoms with Crippen LogP contribution in [0.3, 0.4) is 0 Å². The maximum Gasteiger partial charge on any atom is 0.0487 e. The molecule has 1 aromatic carbocycles. The molecule has 0 amide bonds. The number of rotatable bonds is 3. The fraction of sp³-hybridized carbons (Fsp3) is 0.481. The Labute approximate surface area is 178 Å². The zero-order valence-electron chi connectivity index (χ0n) is 18.3. The van der Waals surface area contributed by atoms with E-state index in [-0.39, 0.29) is 5.54 Å². The molecule has 1 aliphatic rings. The zero-order chi connectivity index (χ0) is 20.5. The Balaban J connectivity index is 2.07. The molecule has 2 heteroatoms. The van der Waals surface area contributed by atoms with E-state index in [0.29, 0.717) is 0 Å². The third-order valence-corrected chi connectivity index (χ3v) is 5.63. The van der Waals surface area contributed by atoms with Gasteiger partial charge in [-0.15, -0.1) is 0 Å². The average molecular weight is 393 g/mol. The van der Waals surface area contributed by atoms with Crippen LogP contribution in [0.25, 0.3) is 0 Å². The summed E-state index contributed by atoms with van der Waals surface area (Å²) in [7, 11) is 0. The Morgan fingerprint density at radius 3 is 1.28 bits per heavy atom. The highest BCUT2D eigenvalue weighted by Gasteiger charge is 2.23. The van der Waals surface area contributed by atoms with E-state index >= 15 is 0 Å². The monoisotopic (exact) mass is 392 g/mol. The standard InChI is InChI=1S/C27H40N2/c1-27(24-20-16-12-8-5-9-13-17-21-25-27)29-28-26-22-18-14-10-6-3-2-4-7-11-15-19-23-26/h2-4,6-7,10-11,14-15,18-19,22-23,28-29H,5,8-9,12-13,16-17,20-21,24-25H2,1H3. The van der Waals surface area contributed by atoms with Crippen LogP contribution in [0.2, 0.25) is 0 Å². The highest BCUT2D eigenvalue weighted by atomic mass is 15.4. The van der Waals surface area contributed by atoms with E-state index in [1.807, 2.05) is 42.5 Å². The molecule has 0 radical (unpaired) electrons. The van der Waals surface area contributed by atoms with Crippen molar-refractivity contribution >= 4 is 5.69 Å². The fourth-order valence-electron chi connectivity index (χ4n) is 3.78. The van der Waals surface area contributed by atoms with Crippen molar-refractivity contribution in [3.05, 3.63) is 78.9 Å². The van der Waals surface area contributed by atoms with Crippen molar-refractivity contribution in [1.29, 1.82) is 0 Å². The lowest BCUT2D eigenvalue weighted by Gasteiger charge is -2.32. The minimum Gasteiger partial charge on any atom is -0.321 e. The van der Waals surface area contributed by atoms with E-state index < -0.39 is 0 Å². The van der Waals surface area contributed by atoms with Crippen LogP contribution in [0.4, 0.5) is 5.69 Å². The van der Waals surface area contributed by atoms with Gasteiger partial charge in [0.15, 0.2) is 0 Å². The van der Waals surface area contributed by atoms with Crippen LogP contribution in [0.1, 0.15) is 77.6 Å². The fourth-order valence-corrected chi connectivity index (χ4v) is 3.78. The van der Waals surface area contributed by atoms with E-state index in [1.54, 1.807) is 0 Å². The molecule has 0 heterocycles. The summed E-state index contributed by atoms with van der Waals surface area (Å²) >= 11 is 0. The van der Waals surface area contributed by atoms with Gasteiger partial charge >= 0.3 is 0 Å². The summed E-state index contributed by atoms with van der Waals surface area (Å²) in [5, 5.41) is 0. The predicted molar refractivity (Wildman–Crippen MR) is 128 cm³/mol. The highest BCUT2D eigenvalue weighted by Crippen LogP contribution is 2.24. The molecular weight excluding hydrogens is 352 g/mol. The van der Waals surface area contributed by atoms with Crippen LogP contribution >= 0.6 is 0 Å². The lowest BCUT2D eigenvalue weighted by atomic mass is 9.88. The maximum atomic E-state index is 3.68. The summed E-state index contributed by atoms with van der Waals surface area (Å²) in [4.78, 5) is 0. The molecule has 1 aliphatic carbocycles. The molecule has 0 bridgehead atoms. The molecule has 0 spiro atoms. The Morgan fingerprint density at radius 1 is 0.517 bits per heavy atom. The normalized spacial score (nSPS) is 17.4. The average Bonchev–Trinajstić information content (AvgIpc) is 2.71. The molecule has 1 fully saturated rings. The molecule has 2 rings (SSSR count). The molecule has 0 atom stereocenters. The molecule has 0 saturated heterocycles. The van der Waals surface area contributed by atoms with Gasteiger partial charge in [0.2, 0.25) is 0 Å². The summed E-state index contributed by atoms with van der Waals surface area (Å²) in [5.41, 5.74) is 8.40. The third kappa shape index (κ3) is 11.5. The third-order valence-electron chi connectivity index (χ3n) is 5.63. The Hall–Kier alpha value is -2.06. The molecule has 1 aromatic rings. The van der Waals surface area contributed by atoms with Gasteiger partial charge in [-0.2, -0.15) is 0 Å². The summed E-state index contributed by atoms with van der Waals surface area (Å²) in [5.74, 6) is 0. The maximum absolute atomic E-state index is 3.68. The minimum atomic E-state index is 0.139. The minimum absolute atomic E-state index is 0.139. The van der Waals surface area contributed by atoms with Crippen LogP contribution in [0, 0.1) is 0 Å². The smallest absolute Gasteiger partial charge is 0.0487 e. The molecule has 29 heavy (non-hydrogen) atoms. The number of nitrogens with one attached hydrogen (secondary N) is 2. The van der Waals surface area contributed by atoms with Crippen molar-refractivity contribution in [2.75, 3.05) is 5.43 Å². The summed E-state index contributed by atoms with van der Waals surface area (Å²) in [6.07, 6.45) is 14.9. The van der Waals surface area contributed by atoms with Crippen molar-refractivity contribution in [3.63, 3.8) is 0 Å². The van der Waals surface area contributed by atoms with Crippen molar-refractivity contribution in [2.24, 2.45) is 0 Å². The van der Waals surface area contributed by atoms with Crippen molar-refractivity contribution in [3.8, 4) is 0 Å². The van der Waals surface area contributed by atoms with E-state index in [2.05, 4.69) is 54.2 Å². The van der Waals surface area contributed by atoms with Gasteiger partial charge < -0.3 is 5.43 Å². The first-order valence-electron chi connectivity index (χ1n) is 11.5. The molecule has 0 aromatic heterocycles. The summed E-state index contributed by atoms with van der Waals surface area (Å²) < 4.78 is 0. The van der Waals surface area contributed by atoms with Gasteiger partial charge in [-0.1, -0.05) is 125 Å². The van der Waals surface area contributed by atoms with Crippen molar-refractivity contribution in [1.82, 2.24) is 5.43 Å². The topological polar surface area (TPSA) is 24.1 Å². The molecule has 1 saturated carbocycles. The number of hydrazine groups is 1. The number of hydrogen-bond donors (Lipinski definition) is 2. The van der Waals surface area contributed by atoms with Crippen LogP contribution in [-0.2, 0) is 0 Å². The Kier molecular flexibility index (Phi) is 11.9. The number of hydrogen-bond acceptors (Lipinski definition) is 2. The van der Waals surface area contributed by atoms with Crippen LogP contribution in [0.5, 0.6) is 0 Å². The Morgan fingerprint density at radius 2 is 0.862 bits per heavy atom. The molecule has 2 nitrogen and oxygen atoms in total. The van der Waals surface area contributed by atoms with Crippen LogP contribution in [-0.4, -0.2) is 5.54 Å². The van der Waals surface area contributed by atoms with E-state index in [4.69, 9.17) is 0 Å². The lowest BCUT2D eigenvalue weighted by molar-refractivity contribution is 0.302. The van der Waals surface area contributed by atoms with Crippen LogP contribution in [0.15, 0.2) is 78.9 Å². The summed E-state index contributed by atoms with van der Waals surface area (Å²) in [6, 6.07) is 26.8. The summed E-state index contributed by atoms with van der Waals surface area (Å²) in [6.45, 7) is 2.38. The number of anilines is 1. The van der Waals surface area contributed by atoms with Gasteiger partial charge in [-0.3, -0.25) is 0 Å². The van der Waals surface area contributed by atoms with E-state index in [1.165, 1.54) is 70.6 Å². The van der Waals surface area contributed by atoms with Gasteiger partial charge in [-0.25, -0.2) is 5.43 Å². The van der Waals surface area contributed by atoms with E-state index in [9.17, 15) is 0 Å². The molecule has 0 aliphatic heterocycles. The Bertz CT molecular complexity index is 621. The predicted octanol–water partition coefficient (Wildman–Crippen LogP) is 7.92. The first-order valence-corrected chi connectivity index (χ1v) is 11.5. The first kappa shape index (κ1) is 23.2. The quantitative estimate of drug-likeness (QED) is 0.510. The van der Waals surface area contributed by atoms with Gasteiger partial charge in [0.25, 0.3) is 0 Å². The van der Waals surface area contributed by atoms with Crippen LogP contribution < -0.4 is 10.9 Å². The second kappa shape index (κ2) is 14.9. The molecule has 2 N–H and O–H groups in total. The second-order valence-electron chi connectivity index (χ2n) is 8.40. The van der Waals surface area contributed by atoms with Gasteiger partial charge in [-0.05, 0) is 31.9 Å². The van der Waals surface area contributed by atoms with Gasteiger partial charge in [0.05, 0.1) is 0 Å². The largest absolute Gasteiger partial charge is 0.321 e. The van der Waals surface area contributed by atoms with Gasteiger partial charge in [0.1, 0.15) is 0 Å². The lowest BCUT2D eigenvalue weighted by Crippen LogP contribution is -2.45. The second-order valence-corrected chi connectivity index (χ2v) is 8.40. The zero-order valence-corrected chi connectivity index (χ0v) is 18.3. The van der Waals surface area contributed by atoms with Gasteiger partial charge in [0, 0.05) is 11.2 Å². The molecular formula is C27H40N2. The highest BCUT2D eigenvalue weighted by molar-refractivity contribution is 5.39. The SMILES string of the molecule is CC1(NNc2ccccccccccccc2)CCCCCCCCCCC1. The first-order chi connectivity index (χ1) is 14.3. The van der Waals surface area contributed by atoms with Crippen molar-refractivity contribution < 1.29 is 0 Å². The molecule has 158 valence electrons. The van der Waals surface area contributed by atoms with Crippen molar-refractivity contribution in [2.45, 2.75) is 83.1 Å². The van der Waals surface area contributed by atoms with E-state index in [0.717, 1.165) is 5.69 Å².